The molecule has 1 atom stereocenters. The first-order valence-corrected chi connectivity index (χ1v) is 7.19. The molecule has 4 N–H and O–H groups in total. The highest BCUT2D eigenvalue weighted by molar-refractivity contribution is 8.00. The molecule has 1 heterocycles. The molecule has 1 aliphatic heterocycles. The van der Waals surface area contributed by atoms with E-state index in [0.29, 0.717) is 17.9 Å². The average molecular weight is 279 g/mol. The van der Waals surface area contributed by atoms with Crippen molar-refractivity contribution in [2.24, 2.45) is 5.73 Å². The minimum atomic E-state index is -0.118. The number of thioether (sulfide) groups is 1. The van der Waals surface area contributed by atoms with Gasteiger partial charge in [0.1, 0.15) is 0 Å². The maximum Gasteiger partial charge on any atom is 0.234 e. The third-order valence-corrected chi connectivity index (χ3v) is 3.94. The Morgan fingerprint density at radius 2 is 2.37 bits per heavy atom. The van der Waals surface area contributed by atoms with Gasteiger partial charge in [-0.2, -0.15) is 0 Å². The van der Waals surface area contributed by atoms with E-state index in [1.165, 1.54) is 11.8 Å². The summed E-state index contributed by atoms with van der Waals surface area (Å²) in [5.41, 5.74) is 7.16. The van der Waals surface area contributed by atoms with E-state index in [4.69, 9.17) is 5.73 Å². The lowest BCUT2D eigenvalue weighted by Gasteiger charge is -2.17. The first-order chi connectivity index (χ1) is 9.08. The Morgan fingerprint density at radius 1 is 1.58 bits per heavy atom. The number of anilines is 2. The summed E-state index contributed by atoms with van der Waals surface area (Å²) in [7, 11) is 0. The number of rotatable bonds is 4. The Hall–Kier alpha value is -1.53. The molecule has 19 heavy (non-hydrogen) atoms. The summed E-state index contributed by atoms with van der Waals surface area (Å²) in [6.45, 7) is 1.95. The lowest BCUT2D eigenvalue weighted by atomic mass is 10.1. The third kappa shape index (κ3) is 3.71. The van der Waals surface area contributed by atoms with E-state index >= 15 is 0 Å². The van der Waals surface area contributed by atoms with E-state index in [9.17, 15) is 9.59 Å². The minimum absolute atomic E-state index is 0.0195. The van der Waals surface area contributed by atoms with Crippen molar-refractivity contribution in [2.45, 2.75) is 30.7 Å². The fraction of sp³-hybridized carbons (Fsp3) is 0.385. The molecule has 0 saturated carbocycles. The molecule has 2 rings (SSSR count). The number of hydrogen-bond donors (Lipinski definition) is 3. The summed E-state index contributed by atoms with van der Waals surface area (Å²) in [5.74, 6) is 0.308. The van der Waals surface area contributed by atoms with Crippen LogP contribution >= 0.6 is 11.8 Å². The largest absolute Gasteiger partial charge is 0.327 e. The highest BCUT2D eigenvalue weighted by Gasteiger charge is 2.16. The molecule has 0 aromatic heterocycles. The van der Waals surface area contributed by atoms with E-state index in [1.807, 2.05) is 19.1 Å². The van der Waals surface area contributed by atoms with Gasteiger partial charge in [0.15, 0.2) is 0 Å². The lowest BCUT2D eigenvalue weighted by molar-refractivity contribution is -0.116. The summed E-state index contributed by atoms with van der Waals surface area (Å²) in [4.78, 5) is 24.1. The predicted molar refractivity (Wildman–Crippen MR) is 77.3 cm³/mol. The number of nitrogens with two attached hydrogens (primary N) is 1. The van der Waals surface area contributed by atoms with Gasteiger partial charge in [0, 0.05) is 23.0 Å². The molecule has 0 saturated heterocycles. The smallest absolute Gasteiger partial charge is 0.234 e. The fourth-order valence-electron chi connectivity index (χ4n) is 1.76. The summed E-state index contributed by atoms with van der Waals surface area (Å²) >= 11 is 1.49. The number of carbonyl (C=O) groups excluding carboxylic acids is 2. The normalized spacial score (nSPS) is 15.4. The molecule has 1 aliphatic rings. The van der Waals surface area contributed by atoms with Gasteiger partial charge in [-0.15, -0.1) is 11.8 Å². The zero-order valence-corrected chi connectivity index (χ0v) is 11.5. The molecule has 0 radical (unpaired) electrons. The van der Waals surface area contributed by atoms with Crippen molar-refractivity contribution in [1.82, 2.24) is 0 Å². The highest BCUT2D eigenvalue weighted by Crippen LogP contribution is 2.33. The zero-order chi connectivity index (χ0) is 13.8. The number of amides is 2. The Labute approximate surface area is 116 Å². The average Bonchev–Trinajstić information content (AvgIpc) is 2.37. The van der Waals surface area contributed by atoms with E-state index < -0.39 is 0 Å². The molecular weight excluding hydrogens is 262 g/mol. The molecule has 0 spiro atoms. The first kappa shape index (κ1) is 13.9. The summed E-state index contributed by atoms with van der Waals surface area (Å²) in [6, 6.07) is 5.38. The van der Waals surface area contributed by atoms with Gasteiger partial charge in [0.25, 0.3) is 0 Å². The van der Waals surface area contributed by atoms with Crippen LogP contribution in [0.25, 0.3) is 0 Å². The van der Waals surface area contributed by atoms with Gasteiger partial charge in [-0.1, -0.05) is 6.92 Å². The van der Waals surface area contributed by atoms with E-state index in [0.717, 1.165) is 17.0 Å². The van der Waals surface area contributed by atoms with Crippen molar-refractivity contribution in [3.63, 3.8) is 0 Å². The van der Waals surface area contributed by atoms with Crippen molar-refractivity contribution in [1.29, 1.82) is 0 Å². The van der Waals surface area contributed by atoms with Crippen LogP contribution in [0.2, 0.25) is 0 Å². The van der Waals surface area contributed by atoms with Crippen LogP contribution < -0.4 is 16.4 Å². The van der Waals surface area contributed by atoms with Crippen molar-refractivity contribution >= 4 is 35.0 Å². The Balaban J connectivity index is 2.04. The predicted octanol–water partition coefficient (Wildman–Crippen LogP) is 1.80. The van der Waals surface area contributed by atoms with Crippen LogP contribution in [0.4, 0.5) is 11.4 Å². The maximum absolute atomic E-state index is 11.7. The molecule has 1 aromatic rings. The van der Waals surface area contributed by atoms with Gasteiger partial charge in [0.05, 0.1) is 11.4 Å². The van der Waals surface area contributed by atoms with Crippen LogP contribution in [-0.2, 0) is 9.59 Å². The van der Waals surface area contributed by atoms with Crippen LogP contribution in [-0.4, -0.2) is 23.6 Å². The second-order valence-corrected chi connectivity index (χ2v) is 5.49. The number of nitrogens with one attached hydrogen (secondary N) is 2. The summed E-state index contributed by atoms with van der Waals surface area (Å²) in [5, 5.41) is 5.58. The van der Waals surface area contributed by atoms with Gasteiger partial charge < -0.3 is 16.4 Å². The van der Waals surface area contributed by atoms with Gasteiger partial charge in [-0.05, 0) is 24.6 Å². The molecule has 5 nitrogen and oxygen atoms in total. The van der Waals surface area contributed by atoms with Gasteiger partial charge in [-0.3, -0.25) is 9.59 Å². The topological polar surface area (TPSA) is 84.2 Å². The van der Waals surface area contributed by atoms with Crippen molar-refractivity contribution in [3.05, 3.63) is 18.2 Å². The van der Waals surface area contributed by atoms with Crippen LogP contribution in [0.1, 0.15) is 19.8 Å². The van der Waals surface area contributed by atoms with Crippen LogP contribution in [0.5, 0.6) is 0 Å². The molecule has 102 valence electrons. The molecule has 0 aliphatic carbocycles. The number of hydrogen-bond acceptors (Lipinski definition) is 4. The second-order valence-electron chi connectivity index (χ2n) is 4.47. The fourth-order valence-corrected chi connectivity index (χ4v) is 2.54. The van der Waals surface area contributed by atoms with Gasteiger partial charge in [0.2, 0.25) is 11.8 Å². The molecule has 6 heteroatoms. The van der Waals surface area contributed by atoms with Crippen molar-refractivity contribution in [2.75, 3.05) is 16.4 Å². The second kappa shape index (κ2) is 6.08. The Morgan fingerprint density at radius 3 is 3.11 bits per heavy atom. The molecule has 1 unspecified atom stereocenters. The van der Waals surface area contributed by atoms with E-state index in [-0.39, 0.29) is 17.9 Å². The number of fused-ring (bicyclic) bond motifs is 1. The summed E-state index contributed by atoms with van der Waals surface area (Å²) in [6.07, 6.45) is 1.07. The van der Waals surface area contributed by atoms with Crippen molar-refractivity contribution in [3.8, 4) is 0 Å². The number of benzene rings is 1. The van der Waals surface area contributed by atoms with E-state index in [1.54, 1.807) is 6.07 Å². The Kier molecular flexibility index (Phi) is 4.44. The standard InChI is InChI=1S/C13H17N3O2S/c1-2-8(14)5-12(17)15-9-3-4-11-10(6-9)16-13(18)7-19-11/h3-4,6,8H,2,5,7,14H2,1H3,(H,15,17)(H,16,18). The SMILES string of the molecule is CCC(N)CC(=O)Nc1ccc2c(c1)NC(=O)CS2. The molecule has 0 fully saturated rings. The summed E-state index contributed by atoms with van der Waals surface area (Å²) < 4.78 is 0. The van der Waals surface area contributed by atoms with Gasteiger partial charge >= 0.3 is 0 Å². The van der Waals surface area contributed by atoms with Crippen molar-refractivity contribution < 1.29 is 9.59 Å². The first-order valence-electron chi connectivity index (χ1n) is 6.20. The zero-order valence-electron chi connectivity index (χ0n) is 10.7. The van der Waals surface area contributed by atoms with Crippen LogP contribution in [0.15, 0.2) is 23.1 Å². The highest BCUT2D eigenvalue weighted by atomic mass is 32.2. The lowest BCUT2D eigenvalue weighted by Crippen LogP contribution is -2.26. The quantitative estimate of drug-likeness (QED) is 0.784. The third-order valence-electron chi connectivity index (χ3n) is 2.87. The Bertz CT molecular complexity index is 505. The van der Waals surface area contributed by atoms with Crippen LogP contribution in [0, 0.1) is 0 Å². The van der Waals surface area contributed by atoms with E-state index in [2.05, 4.69) is 10.6 Å². The number of carbonyl (C=O) groups is 2. The monoisotopic (exact) mass is 279 g/mol. The maximum atomic E-state index is 11.7. The molecule has 0 bridgehead atoms. The van der Waals surface area contributed by atoms with Crippen LogP contribution in [0.3, 0.4) is 0 Å². The molecule has 1 aromatic carbocycles. The minimum Gasteiger partial charge on any atom is -0.327 e. The molecule has 2 amide bonds. The van der Waals surface area contributed by atoms with Gasteiger partial charge in [-0.25, -0.2) is 0 Å². The molecular formula is C13H17N3O2S.